The molecule has 0 amide bonds. The zero-order valence-corrected chi connectivity index (χ0v) is 20.6. The first-order valence-electron chi connectivity index (χ1n) is 12.6. The number of nitrogens with zero attached hydrogens (tertiary/aromatic N) is 1. The van der Waals surface area contributed by atoms with E-state index in [9.17, 15) is 10.2 Å². The number of likely N-dealkylation sites (tertiary alicyclic amines) is 1. The van der Waals surface area contributed by atoms with Crippen molar-refractivity contribution in [2.24, 2.45) is 5.92 Å². The molecule has 1 atom stereocenters. The number of rotatable bonds is 10. The maximum absolute atomic E-state index is 12.0. The van der Waals surface area contributed by atoms with Gasteiger partial charge < -0.3 is 19.8 Å². The first-order chi connectivity index (χ1) is 17.0. The van der Waals surface area contributed by atoms with E-state index in [1.165, 1.54) is 0 Å². The minimum absolute atomic E-state index is 0.162. The Hall–Kier alpha value is -2.92. The average Bonchev–Trinajstić information content (AvgIpc) is 2.93. The molecule has 4 heteroatoms. The molecule has 1 aliphatic rings. The molecule has 1 unspecified atom stereocenters. The number of methoxy groups -OCH3 is 1. The van der Waals surface area contributed by atoms with Gasteiger partial charge in [0, 0.05) is 5.56 Å². The van der Waals surface area contributed by atoms with E-state index in [1.807, 2.05) is 84.9 Å². The number of ether oxygens (including phenoxy) is 1. The molecular weight excluding hydrogens is 434 g/mol. The zero-order chi connectivity index (χ0) is 24.7. The molecular formula is C31H37NO3. The fourth-order valence-electron chi connectivity index (χ4n) is 5.28. The van der Waals surface area contributed by atoms with E-state index in [4.69, 9.17) is 4.74 Å². The Balaban J connectivity index is 1.31. The van der Waals surface area contributed by atoms with Gasteiger partial charge in [0.05, 0.1) is 13.2 Å². The van der Waals surface area contributed by atoms with Crippen LogP contribution in [0.2, 0.25) is 0 Å². The van der Waals surface area contributed by atoms with Gasteiger partial charge in [0.25, 0.3) is 0 Å². The van der Waals surface area contributed by atoms with Gasteiger partial charge in [-0.1, -0.05) is 91.5 Å². The van der Waals surface area contributed by atoms with Crippen LogP contribution in [-0.4, -0.2) is 41.9 Å². The molecule has 1 fully saturated rings. The van der Waals surface area contributed by atoms with E-state index < -0.39 is 11.7 Å². The fraction of sp³-hybridized carbons (Fsp3) is 0.355. The predicted molar refractivity (Wildman–Crippen MR) is 142 cm³/mol. The first-order valence-corrected chi connectivity index (χ1v) is 12.6. The lowest BCUT2D eigenvalue weighted by Crippen LogP contribution is -2.44. The van der Waals surface area contributed by atoms with Crippen LogP contribution in [0.5, 0.6) is 0 Å². The van der Waals surface area contributed by atoms with Crippen molar-refractivity contribution in [3.63, 3.8) is 0 Å². The number of aliphatic hydroxyl groups excluding tert-OH is 1. The highest BCUT2D eigenvalue weighted by atomic mass is 16.5. The van der Waals surface area contributed by atoms with Crippen LogP contribution >= 0.6 is 0 Å². The second-order valence-corrected chi connectivity index (χ2v) is 9.52. The Morgan fingerprint density at radius 3 is 2.00 bits per heavy atom. The molecule has 3 aromatic rings. The minimum atomic E-state index is -0.981. The Bertz CT molecular complexity index is 1020. The summed E-state index contributed by atoms with van der Waals surface area (Å²) in [7, 11) is 1.61. The minimum Gasteiger partial charge on any atom is -0.497 e. The standard InChI is InChI=1S/C31H37NO3/c1-24(35-2)25-15-17-26(18-16-25)30(33)14-9-21-32-22-19-29(20-23-32)31(34,27-10-5-3-6-11-27)28-12-7-4-8-13-28/h3-8,10-13,15-18,29-30,33-34H,1,9,14,19-23H2,2H3. The van der Waals surface area contributed by atoms with Crippen molar-refractivity contribution < 1.29 is 14.9 Å². The monoisotopic (exact) mass is 471 g/mol. The molecule has 1 aliphatic heterocycles. The van der Waals surface area contributed by atoms with Crippen molar-refractivity contribution in [1.29, 1.82) is 0 Å². The van der Waals surface area contributed by atoms with Crippen molar-refractivity contribution in [1.82, 2.24) is 4.90 Å². The largest absolute Gasteiger partial charge is 0.497 e. The van der Waals surface area contributed by atoms with Crippen molar-refractivity contribution in [3.8, 4) is 0 Å². The first kappa shape index (κ1) is 25.2. The lowest BCUT2D eigenvalue weighted by molar-refractivity contribution is -0.0146. The Kier molecular flexibility index (Phi) is 8.40. The summed E-state index contributed by atoms with van der Waals surface area (Å²) in [6, 6.07) is 28.0. The number of piperidine rings is 1. The number of hydrogen-bond donors (Lipinski definition) is 2. The maximum atomic E-state index is 12.0. The molecule has 4 rings (SSSR count). The van der Waals surface area contributed by atoms with E-state index in [0.29, 0.717) is 5.76 Å². The third-order valence-electron chi connectivity index (χ3n) is 7.42. The Labute approximate surface area is 209 Å². The molecule has 35 heavy (non-hydrogen) atoms. The van der Waals surface area contributed by atoms with Crippen molar-refractivity contribution >= 4 is 5.76 Å². The molecule has 0 spiro atoms. The summed E-state index contributed by atoms with van der Waals surface area (Å²) < 4.78 is 5.17. The molecule has 0 bridgehead atoms. The molecule has 1 heterocycles. The summed E-state index contributed by atoms with van der Waals surface area (Å²) in [5, 5.41) is 22.7. The van der Waals surface area contributed by atoms with Crippen LogP contribution in [0.4, 0.5) is 0 Å². The quantitative estimate of drug-likeness (QED) is 0.369. The number of hydrogen-bond acceptors (Lipinski definition) is 4. The van der Waals surface area contributed by atoms with Crippen LogP contribution in [0.15, 0.2) is 91.5 Å². The zero-order valence-electron chi connectivity index (χ0n) is 20.6. The SMILES string of the molecule is C=C(OC)c1ccc(C(O)CCCN2CCC(C(O)(c3ccccc3)c3ccccc3)CC2)cc1. The molecule has 0 aromatic heterocycles. The molecule has 184 valence electrons. The van der Waals surface area contributed by atoms with E-state index in [-0.39, 0.29) is 5.92 Å². The smallest absolute Gasteiger partial charge is 0.118 e. The van der Waals surface area contributed by atoms with Crippen LogP contribution < -0.4 is 0 Å². The average molecular weight is 472 g/mol. The summed E-state index contributed by atoms with van der Waals surface area (Å²) in [6.45, 7) is 6.73. The molecule has 0 saturated carbocycles. The van der Waals surface area contributed by atoms with Gasteiger partial charge in [-0.2, -0.15) is 0 Å². The van der Waals surface area contributed by atoms with Crippen LogP contribution in [0.3, 0.4) is 0 Å². The van der Waals surface area contributed by atoms with Gasteiger partial charge in [-0.05, 0) is 67.9 Å². The summed E-state index contributed by atoms with van der Waals surface area (Å²) in [4.78, 5) is 2.46. The second-order valence-electron chi connectivity index (χ2n) is 9.52. The van der Waals surface area contributed by atoms with Crippen molar-refractivity contribution in [2.75, 3.05) is 26.7 Å². The highest BCUT2D eigenvalue weighted by Gasteiger charge is 2.41. The van der Waals surface area contributed by atoms with Gasteiger partial charge in [-0.15, -0.1) is 0 Å². The van der Waals surface area contributed by atoms with Crippen LogP contribution in [-0.2, 0) is 10.3 Å². The van der Waals surface area contributed by atoms with Gasteiger partial charge in [0.1, 0.15) is 11.4 Å². The molecule has 1 saturated heterocycles. The van der Waals surface area contributed by atoms with Gasteiger partial charge in [0.15, 0.2) is 0 Å². The molecule has 0 radical (unpaired) electrons. The predicted octanol–water partition coefficient (Wildman–Crippen LogP) is 5.77. The highest BCUT2D eigenvalue weighted by Crippen LogP contribution is 2.42. The third kappa shape index (κ3) is 5.84. The van der Waals surface area contributed by atoms with Crippen molar-refractivity contribution in [2.45, 2.75) is 37.4 Å². The number of benzene rings is 3. The van der Waals surface area contributed by atoms with Crippen LogP contribution in [0, 0.1) is 5.92 Å². The molecule has 4 nitrogen and oxygen atoms in total. The number of aliphatic hydroxyl groups is 2. The Morgan fingerprint density at radius 2 is 1.49 bits per heavy atom. The molecule has 0 aliphatic carbocycles. The molecule has 2 N–H and O–H groups in total. The van der Waals surface area contributed by atoms with Crippen molar-refractivity contribution in [3.05, 3.63) is 114 Å². The summed E-state index contributed by atoms with van der Waals surface area (Å²) in [5.41, 5.74) is 2.80. The maximum Gasteiger partial charge on any atom is 0.118 e. The van der Waals surface area contributed by atoms with Gasteiger partial charge >= 0.3 is 0 Å². The van der Waals surface area contributed by atoms with Crippen LogP contribution in [0.25, 0.3) is 5.76 Å². The normalized spacial score (nSPS) is 16.1. The summed E-state index contributed by atoms with van der Waals surface area (Å²) in [5.74, 6) is 0.787. The van der Waals surface area contributed by atoms with Gasteiger partial charge in [0.2, 0.25) is 0 Å². The van der Waals surface area contributed by atoms with Crippen LogP contribution in [0.1, 0.15) is 54.0 Å². The van der Waals surface area contributed by atoms with E-state index in [0.717, 1.165) is 67.6 Å². The fourth-order valence-corrected chi connectivity index (χ4v) is 5.28. The second kappa shape index (κ2) is 11.7. The topological polar surface area (TPSA) is 52.9 Å². The lowest BCUT2D eigenvalue weighted by atomic mass is 9.72. The highest BCUT2D eigenvalue weighted by molar-refractivity contribution is 5.57. The Morgan fingerprint density at radius 1 is 0.943 bits per heavy atom. The van der Waals surface area contributed by atoms with E-state index in [2.05, 4.69) is 11.5 Å². The van der Waals surface area contributed by atoms with Gasteiger partial charge in [-0.3, -0.25) is 0 Å². The van der Waals surface area contributed by atoms with Gasteiger partial charge in [-0.25, -0.2) is 0 Å². The summed E-state index contributed by atoms with van der Waals surface area (Å²) >= 11 is 0. The van der Waals surface area contributed by atoms with E-state index in [1.54, 1.807) is 7.11 Å². The van der Waals surface area contributed by atoms with E-state index >= 15 is 0 Å². The summed E-state index contributed by atoms with van der Waals surface area (Å²) in [6.07, 6.45) is 3.06. The lowest BCUT2D eigenvalue weighted by Gasteiger charge is -2.42. The third-order valence-corrected chi connectivity index (χ3v) is 7.42. The molecule has 3 aromatic carbocycles.